The van der Waals surface area contributed by atoms with Gasteiger partial charge >= 0.3 is 5.97 Å². The van der Waals surface area contributed by atoms with Crippen molar-refractivity contribution in [3.8, 4) is 5.75 Å². The second-order valence-corrected chi connectivity index (χ2v) is 1.85. The lowest BCUT2D eigenvalue weighted by Crippen LogP contribution is -1.93. The van der Waals surface area contributed by atoms with E-state index in [-0.39, 0.29) is 28.7 Å². The molecule has 58 valence electrons. The molecular weight excluding hydrogens is 159 g/mol. The number of aromatic hydroxyl groups is 1. The van der Waals surface area contributed by atoms with Gasteiger partial charge in [0.25, 0.3) is 0 Å². The van der Waals surface area contributed by atoms with Gasteiger partial charge in [0, 0.05) is 0 Å². The maximum atomic E-state index is 10.2. The van der Waals surface area contributed by atoms with Crippen LogP contribution < -0.4 is 0 Å². The van der Waals surface area contributed by atoms with Crippen LogP contribution in [0.3, 0.4) is 0 Å². The quantitative estimate of drug-likeness (QED) is 0.576. The van der Waals surface area contributed by atoms with Crippen molar-refractivity contribution in [3.63, 3.8) is 0 Å². The Bertz CT molecular complexity index is 242. The van der Waals surface area contributed by atoms with E-state index in [1.165, 1.54) is 24.3 Å². The zero-order valence-corrected chi connectivity index (χ0v) is 5.11. The summed E-state index contributed by atoms with van der Waals surface area (Å²) in [6, 6.07) is 5.36. The molecule has 0 spiro atoms. The zero-order valence-electron chi connectivity index (χ0n) is 5.11. The molecule has 3 nitrogen and oxygen atoms in total. The van der Waals surface area contributed by atoms with Crippen molar-refractivity contribution in [2.75, 3.05) is 0 Å². The van der Waals surface area contributed by atoms with Gasteiger partial charge in [-0.3, -0.25) is 0 Å². The highest BCUT2D eigenvalue weighted by Crippen LogP contribution is 2.08. The SMILES string of the molecule is O=C(O)c1ccc(O)cc1.[AlH3]. The summed E-state index contributed by atoms with van der Waals surface area (Å²) in [4.78, 5) is 10.2. The van der Waals surface area contributed by atoms with Gasteiger partial charge in [-0.15, -0.1) is 0 Å². The Morgan fingerprint density at radius 2 is 1.64 bits per heavy atom. The molecule has 0 aromatic heterocycles. The number of phenolic OH excluding ortho intramolecular Hbond substituents is 1. The summed E-state index contributed by atoms with van der Waals surface area (Å²) in [5.74, 6) is -0.912. The Hall–Kier alpha value is -0.978. The zero-order chi connectivity index (χ0) is 7.56. The molecule has 0 bridgehead atoms. The molecular formula is C7H9AlO3. The van der Waals surface area contributed by atoms with Gasteiger partial charge < -0.3 is 10.2 Å². The van der Waals surface area contributed by atoms with Gasteiger partial charge in [0.1, 0.15) is 5.75 Å². The summed E-state index contributed by atoms with van der Waals surface area (Å²) in [6.45, 7) is 0. The summed E-state index contributed by atoms with van der Waals surface area (Å²) in [5, 5.41) is 17.1. The van der Waals surface area contributed by atoms with Gasteiger partial charge in [-0.2, -0.15) is 0 Å². The van der Waals surface area contributed by atoms with Gasteiger partial charge in [-0.25, -0.2) is 4.79 Å². The van der Waals surface area contributed by atoms with Crippen LogP contribution in [0, 0.1) is 0 Å². The van der Waals surface area contributed by atoms with E-state index < -0.39 is 5.97 Å². The first kappa shape index (κ1) is 10.0. The number of phenols is 1. The molecule has 0 saturated carbocycles. The Morgan fingerprint density at radius 1 is 1.18 bits per heavy atom. The van der Waals surface area contributed by atoms with Crippen LogP contribution in [-0.2, 0) is 0 Å². The first-order chi connectivity index (χ1) is 4.70. The minimum absolute atomic E-state index is 0. The second kappa shape index (κ2) is 4.02. The van der Waals surface area contributed by atoms with E-state index >= 15 is 0 Å². The molecule has 0 saturated heterocycles. The third-order valence-corrected chi connectivity index (χ3v) is 1.11. The fourth-order valence-electron chi connectivity index (χ4n) is 0.604. The molecule has 0 aliphatic heterocycles. The Morgan fingerprint density at radius 3 is 2.00 bits per heavy atom. The monoisotopic (exact) mass is 168 g/mol. The molecule has 0 unspecified atom stereocenters. The molecule has 0 radical (unpaired) electrons. The topological polar surface area (TPSA) is 57.5 Å². The number of hydrogen-bond donors (Lipinski definition) is 2. The van der Waals surface area contributed by atoms with Crippen molar-refractivity contribution in [3.05, 3.63) is 29.8 Å². The van der Waals surface area contributed by atoms with Crippen LogP contribution in [0.4, 0.5) is 0 Å². The minimum atomic E-state index is -0.986. The second-order valence-electron chi connectivity index (χ2n) is 1.85. The summed E-state index contributed by atoms with van der Waals surface area (Å²) in [6.07, 6.45) is 0. The van der Waals surface area contributed by atoms with E-state index in [4.69, 9.17) is 10.2 Å². The summed E-state index contributed by atoms with van der Waals surface area (Å²) >= 11 is 0. The summed E-state index contributed by atoms with van der Waals surface area (Å²) in [7, 11) is 0. The van der Waals surface area contributed by atoms with Crippen molar-refractivity contribution in [2.45, 2.75) is 0 Å². The number of carboxylic acid groups (broad SMARTS) is 1. The summed E-state index contributed by atoms with van der Waals surface area (Å²) < 4.78 is 0. The Balaban J connectivity index is 0.000001000. The number of benzene rings is 1. The molecule has 11 heavy (non-hydrogen) atoms. The van der Waals surface area contributed by atoms with E-state index in [9.17, 15) is 4.79 Å². The normalized spacial score (nSPS) is 8.36. The van der Waals surface area contributed by atoms with E-state index in [1.807, 2.05) is 0 Å². The van der Waals surface area contributed by atoms with E-state index in [2.05, 4.69) is 0 Å². The number of carbonyl (C=O) groups is 1. The molecule has 2 N–H and O–H groups in total. The van der Waals surface area contributed by atoms with Crippen LogP contribution in [0.1, 0.15) is 10.4 Å². The van der Waals surface area contributed by atoms with Crippen LogP contribution in [-0.4, -0.2) is 33.5 Å². The minimum Gasteiger partial charge on any atom is -0.508 e. The maximum absolute atomic E-state index is 10.2. The molecule has 4 heteroatoms. The van der Waals surface area contributed by atoms with Crippen molar-refractivity contribution in [1.82, 2.24) is 0 Å². The highest BCUT2D eigenvalue weighted by atomic mass is 27.0. The van der Waals surface area contributed by atoms with Crippen molar-refractivity contribution in [1.29, 1.82) is 0 Å². The third kappa shape index (κ3) is 2.62. The first-order valence-electron chi connectivity index (χ1n) is 2.72. The lowest BCUT2D eigenvalue weighted by molar-refractivity contribution is 0.0697. The largest absolute Gasteiger partial charge is 0.508 e. The average molecular weight is 168 g/mol. The predicted octanol–water partition coefficient (Wildman–Crippen LogP) is -0.0935. The highest BCUT2D eigenvalue weighted by molar-refractivity contribution is 5.87. The maximum Gasteiger partial charge on any atom is 0.335 e. The molecule has 0 aliphatic carbocycles. The fourth-order valence-corrected chi connectivity index (χ4v) is 0.604. The van der Waals surface area contributed by atoms with Crippen molar-refractivity contribution in [2.24, 2.45) is 0 Å². The number of rotatable bonds is 1. The lowest BCUT2D eigenvalue weighted by atomic mass is 10.2. The number of hydrogen-bond acceptors (Lipinski definition) is 2. The van der Waals surface area contributed by atoms with E-state index in [0.717, 1.165) is 0 Å². The average Bonchev–Trinajstić information content (AvgIpc) is 1.88. The van der Waals surface area contributed by atoms with Crippen LogP contribution >= 0.6 is 0 Å². The molecule has 1 aromatic rings. The number of carboxylic acids is 1. The Kier molecular flexibility index (Phi) is 3.66. The van der Waals surface area contributed by atoms with Gasteiger partial charge in [-0.1, -0.05) is 0 Å². The summed E-state index contributed by atoms with van der Waals surface area (Å²) in [5.41, 5.74) is 0.179. The third-order valence-electron chi connectivity index (χ3n) is 1.11. The first-order valence-corrected chi connectivity index (χ1v) is 2.72. The highest BCUT2D eigenvalue weighted by Gasteiger charge is 1.99. The van der Waals surface area contributed by atoms with Crippen LogP contribution in [0.5, 0.6) is 5.75 Å². The van der Waals surface area contributed by atoms with Gasteiger partial charge in [0.15, 0.2) is 17.4 Å². The van der Waals surface area contributed by atoms with Crippen LogP contribution in [0.15, 0.2) is 24.3 Å². The molecule has 1 aromatic carbocycles. The van der Waals surface area contributed by atoms with Crippen LogP contribution in [0.2, 0.25) is 0 Å². The molecule has 0 aliphatic rings. The molecule has 0 heterocycles. The van der Waals surface area contributed by atoms with Gasteiger partial charge in [-0.05, 0) is 24.3 Å². The van der Waals surface area contributed by atoms with E-state index in [1.54, 1.807) is 0 Å². The number of aromatic carboxylic acids is 1. The van der Waals surface area contributed by atoms with Gasteiger partial charge in [0.05, 0.1) is 5.56 Å². The fraction of sp³-hybridized carbons (Fsp3) is 0. The van der Waals surface area contributed by atoms with Crippen LogP contribution in [0.25, 0.3) is 0 Å². The molecule has 0 amide bonds. The van der Waals surface area contributed by atoms with Crippen molar-refractivity contribution < 1.29 is 15.0 Å². The van der Waals surface area contributed by atoms with Gasteiger partial charge in [0.2, 0.25) is 0 Å². The standard InChI is InChI=1S/C7H6O3.Al.3H/c8-6-3-1-5(2-4-6)7(9)10;;;;/h1-4,8H,(H,9,10);;;;. The Labute approximate surface area is 74.4 Å². The van der Waals surface area contributed by atoms with Crippen molar-refractivity contribution >= 4 is 23.3 Å². The predicted molar refractivity (Wildman–Crippen MR) is 45.0 cm³/mol. The molecule has 0 fully saturated rings. The van der Waals surface area contributed by atoms with E-state index in [0.29, 0.717) is 0 Å². The lowest BCUT2D eigenvalue weighted by Gasteiger charge is -1.92. The smallest absolute Gasteiger partial charge is 0.335 e. The molecule has 0 atom stereocenters. The molecule has 1 rings (SSSR count).